The monoisotopic (exact) mass is 273 g/mol. The quantitative estimate of drug-likeness (QED) is 0.925. The van der Waals surface area contributed by atoms with Crippen molar-refractivity contribution in [3.8, 4) is 17.4 Å². The van der Waals surface area contributed by atoms with Gasteiger partial charge in [-0.1, -0.05) is 26.0 Å². The molecule has 0 aliphatic rings. The summed E-state index contributed by atoms with van der Waals surface area (Å²) >= 11 is 0. The van der Waals surface area contributed by atoms with Gasteiger partial charge in [-0.3, -0.25) is 0 Å². The lowest BCUT2D eigenvalue weighted by Gasteiger charge is -2.14. The number of nitrogens with zero attached hydrogens (tertiary/aromatic N) is 2. The zero-order chi connectivity index (χ0) is 14.7. The van der Waals surface area contributed by atoms with E-state index in [-0.39, 0.29) is 5.92 Å². The predicted molar refractivity (Wildman–Crippen MR) is 78.3 cm³/mol. The maximum atomic E-state index is 5.92. The molecule has 0 aliphatic carbocycles. The van der Waals surface area contributed by atoms with Crippen molar-refractivity contribution in [2.75, 3.05) is 12.8 Å². The fourth-order valence-corrected chi connectivity index (χ4v) is 1.69. The van der Waals surface area contributed by atoms with Crippen LogP contribution in [0, 0.1) is 6.92 Å². The second kappa shape index (κ2) is 5.77. The van der Waals surface area contributed by atoms with Crippen LogP contribution in [0.2, 0.25) is 0 Å². The first-order valence-electron chi connectivity index (χ1n) is 6.47. The van der Waals surface area contributed by atoms with Crippen molar-refractivity contribution in [1.29, 1.82) is 0 Å². The maximum Gasteiger partial charge on any atom is 0.227 e. The summed E-state index contributed by atoms with van der Waals surface area (Å²) in [7, 11) is 1.60. The molecule has 2 aromatic rings. The van der Waals surface area contributed by atoms with Gasteiger partial charge in [-0.05, 0) is 19.1 Å². The van der Waals surface area contributed by atoms with Crippen LogP contribution in [-0.4, -0.2) is 17.1 Å². The molecule has 5 nitrogen and oxygen atoms in total. The minimum atomic E-state index is 0.179. The van der Waals surface area contributed by atoms with Crippen LogP contribution in [0.25, 0.3) is 0 Å². The van der Waals surface area contributed by atoms with Crippen LogP contribution < -0.4 is 15.2 Å². The van der Waals surface area contributed by atoms with E-state index in [0.29, 0.717) is 29.0 Å². The molecule has 1 heterocycles. The van der Waals surface area contributed by atoms with Crippen LogP contribution in [0.4, 0.5) is 5.82 Å². The normalized spacial score (nSPS) is 10.7. The van der Waals surface area contributed by atoms with Crippen molar-refractivity contribution in [3.63, 3.8) is 0 Å². The van der Waals surface area contributed by atoms with E-state index in [4.69, 9.17) is 15.2 Å². The molecule has 0 bridgehead atoms. The summed E-state index contributed by atoms with van der Waals surface area (Å²) in [5.41, 5.74) is 6.64. The Labute approximate surface area is 118 Å². The lowest BCUT2D eigenvalue weighted by molar-refractivity contribution is 0.372. The highest BCUT2D eigenvalue weighted by Crippen LogP contribution is 2.33. The average Bonchev–Trinajstić information content (AvgIpc) is 2.44. The van der Waals surface area contributed by atoms with E-state index in [1.807, 2.05) is 45.0 Å². The third-order valence-corrected chi connectivity index (χ3v) is 2.95. The van der Waals surface area contributed by atoms with Crippen molar-refractivity contribution in [1.82, 2.24) is 9.97 Å². The number of hydrogen-bond acceptors (Lipinski definition) is 5. The number of para-hydroxylation sites is 2. The Morgan fingerprint density at radius 3 is 2.35 bits per heavy atom. The van der Waals surface area contributed by atoms with E-state index >= 15 is 0 Å². The Kier molecular flexibility index (Phi) is 4.08. The van der Waals surface area contributed by atoms with Gasteiger partial charge in [0.2, 0.25) is 5.88 Å². The van der Waals surface area contributed by atoms with Crippen LogP contribution in [0.1, 0.15) is 31.2 Å². The summed E-state index contributed by atoms with van der Waals surface area (Å²) < 4.78 is 11.1. The number of nitrogen functional groups attached to an aromatic ring is 1. The van der Waals surface area contributed by atoms with Gasteiger partial charge in [-0.15, -0.1) is 0 Å². The molecule has 1 aromatic carbocycles. The Balaban J connectivity index is 2.42. The van der Waals surface area contributed by atoms with Crippen molar-refractivity contribution in [3.05, 3.63) is 35.7 Å². The maximum absolute atomic E-state index is 5.92. The number of methoxy groups -OCH3 is 1. The molecule has 0 aliphatic heterocycles. The average molecular weight is 273 g/mol. The highest BCUT2D eigenvalue weighted by molar-refractivity contribution is 5.48. The van der Waals surface area contributed by atoms with Gasteiger partial charge in [-0.25, -0.2) is 4.98 Å². The van der Waals surface area contributed by atoms with Gasteiger partial charge < -0.3 is 15.2 Å². The number of rotatable bonds is 4. The molecular weight excluding hydrogens is 254 g/mol. The Bertz CT molecular complexity index is 612. The minimum absolute atomic E-state index is 0.179. The van der Waals surface area contributed by atoms with Crippen molar-refractivity contribution in [2.45, 2.75) is 26.7 Å². The Morgan fingerprint density at radius 1 is 1.10 bits per heavy atom. The molecule has 106 valence electrons. The summed E-state index contributed by atoms with van der Waals surface area (Å²) in [6, 6.07) is 7.41. The molecule has 0 radical (unpaired) electrons. The summed E-state index contributed by atoms with van der Waals surface area (Å²) in [6.07, 6.45) is 0. The van der Waals surface area contributed by atoms with Gasteiger partial charge in [-0.2, -0.15) is 4.98 Å². The first-order valence-corrected chi connectivity index (χ1v) is 6.47. The number of benzene rings is 1. The van der Waals surface area contributed by atoms with E-state index in [1.54, 1.807) is 7.11 Å². The largest absolute Gasteiger partial charge is 0.493 e. The molecule has 0 saturated heterocycles. The summed E-state index contributed by atoms with van der Waals surface area (Å²) in [6.45, 7) is 5.86. The third kappa shape index (κ3) is 2.82. The minimum Gasteiger partial charge on any atom is -0.493 e. The zero-order valence-corrected chi connectivity index (χ0v) is 12.2. The number of ether oxygens (including phenoxy) is 2. The highest BCUT2D eigenvalue weighted by Gasteiger charge is 2.14. The van der Waals surface area contributed by atoms with Gasteiger partial charge in [0.15, 0.2) is 11.5 Å². The fraction of sp³-hybridized carbons (Fsp3) is 0.333. The number of nitrogens with two attached hydrogens (primary N) is 1. The summed E-state index contributed by atoms with van der Waals surface area (Å²) in [5.74, 6) is 3.00. The molecule has 2 rings (SSSR count). The van der Waals surface area contributed by atoms with Crippen LogP contribution in [0.15, 0.2) is 24.3 Å². The predicted octanol–water partition coefficient (Wildman–Crippen LogP) is 3.29. The fourth-order valence-electron chi connectivity index (χ4n) is 1.69. The molecule has 0 amide bonds. The lowest BCUT2D eigenvalue weighted by atomic mass is 10.2. The molecule has 1 aromatic heterocycles. The first kappa shape index (κ1) is 14.1. The standard InChI is InChI=1S/C15H19N3O2/c1-9(2)14-17-13(16)10(3)15(18-14)20-12-8-6-5-7-11(12)19-4/h5-9H,1-4H3,(H2,16,17,18). The van der Waals surface area contributed by atoms with Crippen molar-refractivity contribution >= 4 is 5.82 Å². The lowest BCUT2D eigenvalue weighted by Crippen LogP contribution is -2.06. The van der Waals surface area contributed by atoms with E-state index in [9.17, 15) is 0 Å². The van der Waals surface area contributed by atoms with E-state index < -0.39 is 0 Å². The van der Waals surface area contributed by atoms with Gasteiger partial charge in [0.25, 0.3) is 0 Å². The van der Waals surface area contributed by atoms with Gasteiger partial charge in [0.05, 0.1) is 12.7 Å². The SMILES string of the molecule is COc1ccccc1Oc1nc(C(C)C)nc(N)c1C. The topological polar surface area (TPSA) is 70.3 Å². The molecule has 0 saturated carbocycles. The molecule has 5 heteroatoms. The van der Waals surface area contributed by atoms with Gasteiger partial charge in [0, 0.05) is 5.92 Å². The Hall–Kier alpha value is -2.30. The van der Waals surface area contributed by atoms with Crippen LogP contribution in [0.5, 0.6) is 17.4 Å². The van der Waals surface area contributed by atoms with Crippen molar-refractivity contribution in [2.24, 2.45) is 0 Å². The van der Waals surface area contributed by atoms with E-state index in [0.717, 1.165) is 5.56 Å². The van der Waals surface area contributed by atoms with Gasteiger partial charge >= 0.3 is 0 Å². The van der Waals surface area contributed by atoms with Gasteiger partial charge in [0.1, 0.15) is 11.6 Å². The van der Waals surface area contributed by atoms with Crippen LogP contribution in [-0.2, 0) is 0 Å². The van der Waals surface area contributed by atoms with E-state index in [1.165, 1.54) is 0 Å². The zero-order valence-electron chi connectivity index (χ0n) is 12.2. The van der Waals surface area contributed by atoms with Crippen LogP contribution in [0.3, 0.4) is 0 Å². The summed E-state index contributed by atoms with van der Waals surface area (Å²) in [4.78, 5) is 8.71. The molecular formula is C15H19N3O2. The number of hydrogen-bond donors (Lipinski definition) is 1. The number of aromatic nitrogens is 2. The molecule has 0 atom stereocenters. The molecule has 0 unspecified atom stereocenters. The van der Waals surface area contributed by atoms with E-state index in [2.05, 4.69) is 9.97 Å². The molecule has 20 heavy (non-hydrogen) atoms. The number of anilines is 1. The Morgan fingerprint density at radius 2 is 1.75 bits per heavy atom. The summed E-state index contributed by atoms with van der Waals surface area (Å²) in [5, 5.41) is 0. The first-order chi connectivity index (χ1) is 9.52. The highest BCUT2D eigenvalue weighted by atomic mass is 16.5. The third-order valence-electron chi connectivity index (χ3n) is 2.95. The van der Waals surface area contributed by atoms with Crippen LogP contribution >= 0.6 is 0 Å². The molecule has 0 spiro atoms. The molecule has 0 fully saturated rings. The second-order valence-electron chi connectivity index (χ2n) is 4.80. The molecule has 2 N–H and O–H groups in total. The van der Waals surface area contributed by atoms with Crippen molar-refractivity contribution < 1.29 is 9.47 Å². The second-order valence-corrected chi connectivity index (χ2v) is 4.80. The smallest absolute Gasteiger partial charge is 0.227 e.